The summed E-state index contributed by atoms with van der Waals surface area (Å²) in [4.78, 5) is 0. The Morgan fingerprint density at radius 3 is 2.61 bits per heavy atom. The van der Waals surface area contributed by atoms with Crippen molar-refractivity contribution in [3.8, 4) is 0 Å². The Labute approximate surface area is 107 Å². The molecule has 0 aliphatic heterocycles. The Morgan fingerprint density at radius 1 is 1.22 bits per heavy atom. The molecule has 0 atom stereocenters. The van der Waals surface area contributed by atoms with Gasteiger partial charge in [-0.05, 0) is 42.8 Å². The molecule has 2 rings (SSSR count). The molecule has 96 valence electrons. The summed E-state index contributed by atoms with van der Waals surface area (Å²) in [7, 11) is 0. The van der Waals surface area contributed by atoms with Gasteiger partial charge in [-0.25, -0.2) is 4.68 Å². The van der Waals surface area contributed by atoms with Crippen LogP contribution in [0, 0.1) is 0 Å². The molecule has 0 aliphatic rings. The van der Waals surface area contributed by atoms with Gasteiger partial charge in [0.05, 0.1) is 5.41 Å². The third-order valence-corrected chi connectivity index (χ3v) is 3.16. The Bertz CT molecular complexity index is 489. The van der Waals surface area contributed by atoms with Crippen molar-refractivity contribution in [3.63, 3.8) is 0 Å². The third-order valence-electron chi connectivity index (χ3n) is 3.16. The van der Waals surface area contributed by atoms with Crippen molar-refractivity contribution < 1.29 is 0 Å². The first-order valence-corrected chi connectivity index (χ1v) is 6.18. The first-order valence-electron chi connectivity index (χ1n) is 6.18. The molecule has 0 unspecified atom stereocenters. The summed E-state index contributed by atoms with van der Waals surface area (Å²) in [5, 5.41) is 12.0. The van der Waals surface area contributed by atoms with Gasteiger partial charge in [0.1, 0.15) is 0 Å². The molecule has 5 heteroatoms. The first-order chi connectivity index (χ1) is 8.66. The second-order valence-electron chi connectivity index (χ2n) is 4.86. The second-order valence-corrected chi connectivity index (χ2v) is 4.86. The summed E-state index contributed by atoms with van der Waals surface area (Å²) in [6, 6.07) is 10.3. The minimum atomic E-state index is -0.209. The number of hydrogen-bond donors (Lipinski definition) is 1. The Balaban J connectivity index is 2.32. The van der Waals surface area contributed by atoms with E-state index < -0.39 is 0 Å². The summed E-state index contributed by atoms with van der Waals surface area (Å²) in [5.74, 6) is 0.877. The molecule has 1 aromatic carbocycles. The number of nitrogens with zero attached hydrogens (tertiary/aromatic N) is 4. The zero-order chi connectivity index (χ0) is 13.0. The lowest BCUT2D eigenvalue weighted by atomic mass is 9.84. The van der Waals surface area contributed by atoms with Crippen LogP contribution in [0.3, 0.4) is 0 Å². The topological polar surface area (TPSA) is 69.6 Å². The van der Waals surface area contributed by atoms with Gasteiger partial charge in [0, 0.05) is 6.54 Å². The van der Waals surface area contributed by atoms with Gasteiger partial charge in [0.25, 0.3) is 0 Å². The van der Waals surface area contributed by atoms with Gasteiger partial charge in [-0.2, -0.15) is 0 Å². The van der Waals surface area contributed by atoms with Crippen molar-refractivity contribution in [2.45, 2.75) is 32.2 Å². The van der Waals surface area contributed by atoms with Gasteiger partial charge in [-0.15, -0.1) is 5.10 Å². The largest absolute Gasteiger partial charge is 0.330 e. The number of hydrogen-bond acceptors (Lipinski definition) is 4. The van der Waals surface area contributed by atoms with E-state index in [-0.39, 0.29) is 5.41 Å². The van der Waals surface area contributed by atoms with E-state index in [0.717, 1.165) is 18.8 Å². The molecule has 2 N–H and O–H groups in total. The highest BCUT2D eigenvalue weighted by atomic mass is 15.5. The van der Waals surface area contributed by atoms with E-state index in [1.54, 1.807) is 0 Å². The van der Waals surface area contributed by atoms with Crippen molar-refractivity contribution in [3.05, 3.63) is 41.7 Å². The van der Waals surface area contributed by atoms with Gasteiger partial charge >= 0.3 is 0 Å². The van der Waals surface area contributed by atoms with Crippen LogP contribution in [0.1, 0.15) is 31.7 Å². The molecule has 0 saturated heterocycles. The highest BCUT2D eigenvalue weighted by Crippen LogP contribution is 2.29. The lowest BCUT2D eigenvalue weighted by molar-refractivity contribution is 0.484. The Morgan fingerprint density at radius 2 is 1.94 bits per heavy atom. The molecule has 1 heterocycles. The fourth-order valence-electron chi connectivity index (χ4n) is 2.03. The van der Waals surface area contributed by atoms with Crippen LogP contribution in [0.4, 0.5) is 0 Å². The number of benzene rings is 1. The maximum Gasteiger partial charge on any atom is 0.161 e. The number of aromatic nitrogens is 4. The highest BCUT2D eigenvalue weighted by Gasteiger charge is 2.29. The number of aryl methyl sites for hydroxylation is 1. The summed E-state index contributed by atoms with van der Waals surface area (Å²) in [6.07, 6.45) is 0.878. The summed E-state index contributed by atoms with van der Waals surface area (Å²) in [5.41, 5.74) is 6.53. The average Bonchev–Trinajstić information content (AvgIpc) is 2.86. The molecule has 1 aromatic heterocycles. The van der Waals surface area contributed by atoms with E-state index in [4.69, 9.17) is 5.73 Å². The van der Waals surface area contributed by atoms with E-state index in [2.05, 4.69) is 41.5 Å². The molecule has 2 aromatic rings. The molecule has 0 amide bonds. The maximum atomic E-state index is 5.53. The van der Waals surface area contributed by atoms with Crippen LogP contribution in [0.5, 0.6) is 0 Å². The predicted octanol–water partition coefficient (Wildman–Crippen LogP) is 1.35. The molecule has 0 spiro atoms. The maximum absolute atomic E-state index is 5.53. The van der Waals surface area contributed by atoms with Crippen LogP contribution in [0.15, 0.2) is 30.3 Å². The van der Waals surface area contributed by atoms with Gasteiger partial charge in [-0.1, -0.05) is 30.3 Å². The standard InChI is InChI=1S/C13H19N5/c1-13(2,11-7-4-3-5-8-11)12-15-16-17-18(12)10-6-9-14/h3-5,7-8H,6,9-10,14H2,1-2H3. The van der Waals surface area contributed by atoms with E-state index in [9.17, 15) is 0 Å². The van der Waals surface area contributed by atoms with E-state index in [1.807, 2.05) is 22.9 Å². The van der Waals surface area contributed by atoms with Crippen LogP contribution in [0.2, 0.25) is 0 Å². The molecule has 18 heavy (non-hydrogen) atoms. The average molecular weight is 245 g/mol. The van der Waals surface area contributed by atoms with Crippen molar-refractivity contribution in [1.29, 1.82) is 0 Å². The molecule has 0 fully saturated rings. The monoisotopic (exact) mass is 245 g/mol. The smallest absolute Gasteiger partial charge is 0.161 e. The highest BCUT2D eigenvalue weighted by molar-refractivity contribution is 5.30. The van der Waals surface area contributed by atoms with Gasteiger partial charge in [0.15, 0.2) is 5.82 Å². The van der Waals surface area contributed by atoms with Gasteiger partial charge in [-0.3, -0.25) is 0 Å². The van der Waals surface area contributed by atoms with E-state index in [0.29, 0.717) is 6.54 Å². The fraction of sp³-hybridized carbons (Fsp3) is 0.462. The minimum absolute atomic E-state index is 0.209. The third kappa shape index (κ3) is 2.41. The number of nitrogens with two attached hydrogens (primary N) is 1. The van der Waals surface area contributed by atoms with Crippen molar-refractivity contribution >= 4 is 0 Å². The Kier molecular flexibility index (Phi) is 3.72. The number of rotatable bonds is 5. The van der Waals surface area contributed by atoms with Crippen LogP contribution in [-0.2, 0) is 12.0 Å². The number of tetrazole rings is 1. The summed E-state index contributed by atoms with van der Waals surface area (Å²) >= 11 is 0. The predicted molar refractivity (Wildman–Crippen MR) is 70.1 cm³/mol. The van der Waals surface area contributed by atoms with Crippen molar-refractivity contribution in [2.75, 3.05) is 6.54 Å². The van der Waals surface area contributed by atoms with Gasteiger partial charge < -0.3 is 5.73 Å². The Hall–Kier alpha value is -1.75. The van der Waals surface area contributed by atoms with Crippen LogP contribution < -0.4 is 5.73 Å². The summed E-state index contributed by atoms with van der Waals surface area (Å²) in [6.45, 7) is 5.67. The van der Waals surface area contributed by atoms with Crippen LogP contribution >= 0.6 is 0 Å². The van der Waals surface area contributed by atoms with Crippen LogP contribution in [0.25, 0.3) is 0 Å². The molecule has 0 saturated carbocycles. The molecular formula is C13H19N5. The second kappa shape index (κ2) is 5.27. The van der Waals surface area contributed by atoms with Crippen LogP contribution in [-0.4, -0.2) is 26.8 Å². The zero-order valence-electron chi connectivity index (χ0n) is 10.9. The van der Waals surface area contributed by atoms with E-state index in [1.165, 1.54) is 5.56 Å². The van der Waals surface area contributed by atoms with Crippen molar-refractivity contribution in [1.82, 2.24) is 20.2 Å². The van der Waals surface area contributed by atoms with E-state index >= 15 is 0 Å². The molecule has 5 nitrogen and oxygen atoms in total. The van der Waals surface area contributed by atoms with Gasteiger partial charge in [0.2, 0.25) is 0 Å². The quantitative estimate of drug-likeness (QED) is 0.863. The molecule has 0 bridgehead atoms. The SMILES string of the molecule is CC(C)(c1ccccc1)c1nnnn1CCCN. The lowest BCUT2D eigenvalue weighted by Crippen LogP contribution is -2.25. The lowest BCUT2D eigenvalue weighted by Gasteiger charge is -2.23. The molecular weight excluding hydrogens is 226 g/mol. The fourth-order valence-corrected chi connectivity index (χ4v) is 2.03. The van der Waals surface area contributed by atoms with Crippen molar-refractivity contribution in [2.24, 2.45) is 5.73 Å². The zero-order valence-corrected chi connectivity index (χ0v) is 10.9. The normalized spacial score (nSPS) is 11.7. The first kappa shape index (κ1) is 12.7. The molecule has 0 aliphatic carbocycles. The minimum Gasteiger partial charge on any atom is -0.330 e. The summed E-state index contributed by atoms with van der Waals surface area (Å²) < 4.78 is 1.85. The molecule has 0 radical (unpaired) electrons.